The molecule has 0 unspecified atom stereocenters. The number of methoxy groups -OCH3 is 2. The molecule has 0 bridgehead atoms. The highest BCUT2D eigenvalue weighted by molar-refractivity contribution is 7.07. The number of ether oxygens (including phenoxy) is 2. The average Bonchev–Trinajstić information content (AvgIpc) is 2.98. The minimum absolute atomic E-state index is 0.0107. The van der Waals surface area contributed by atoms with Crippen LogP contribution in [0.15, 0.2) is 35.0 Å². The molecule has 0 aliphatic carbocycles. The van der Waals surface area contributed by atoms with Gasteiger partial charge in [-0.2, -0.15) is 11.3 Å². The first-order chi connectivity index (χ1) is 9.72. The monoisotopic (exact) mass is 291 g/mol. The van der Waals surface area contributed by atoms with E-state index in [1.54, 1.807) is 31.6 Å². The smallest absolute Gasteiger partial charge is 0.224 e. The number of carbonyl (C=O) groups is 1. The van der Waals surface area contributed by atoms with Crippen molar-refractivity contribution in [2.75, 3.05) is 14.2 Å². The summed E-state index contributed by atoms with van der Waals surface area (Å²) in [4.78, 5) is 11.9. The predicted octanol–water partition coefficient (Wildman–Crippen LogP) is 2.62. The van der Waals surface area contributed by atoms with E-state index in [0.717, 1.165) is 11.1 Å². The van der Waals surface area contributed by atoms with Gasteiger partial charge >= 0.3 is 0 Å². The highest BCUT2D eigenvalue weighted by Crippen LogP contribution is 2.27. The quantitative estimate of drug-likeness (QED) is 0.890. The second kappa shape index (κ2) is 6.96. The van der Waals surface area contributed by atoms with Crippen molar-refractivity contribution in [2.45, 2.75) is 13.0 Å². The molecular formula is C15H17NO3S. The van der Waals surface area contributed by atoms with Crippen LogP contribution in [0.1, 0.15) is 11.1 Å². The van der Waals surface area contributed by atoms with Gasteiger partial charge in [0.2, 0.25) is 5.91 Å². The zero-order chi connectivity index (χ0) is 14.4. The maximum atomic E-state index is 11.9. The number of carbonyl (C=O) groups excluding carboxylic acids is 1. The number of amides is 1. The summed E-state index contributed by atoms with van der Waals surface area (Å²) in [5.74, 6) is 1.29. The van der Waals surface area contributed by atoms with E-state index in [9.17, 15) is 4.79 Å². The van der Waals surface area contributed by atoms with Gasteiger partial charge in [0.25, 0.3) is 0 Å². The topological polar surface area (TPSA) is 47.6 Å². The van der Waals surface area contributed by atoms with Crippen LogP contribution in [0.3, 0.4) is 0 Å². The summed E-state index contributed by atoms with van der Waals surface area (Å²) in [5, 5.41) is 6.92. The Bertz CT molecular complexity index is 567. The third-order valence-electron chi connectivity index (χ3n) is 2.88. The fraction of sp³-hybridized carbons (Fsp3) is 0.267. The molecule has 0 fully saturated rings. The zero-order valence-electron chi connectivity index (χ0n) is 11.5. The Morgan fingerprint density at radius 1 is 1.15 bits per heavy atom. The Morgan fingerprint density at radius 2 is 1.95 bits per heavy atom. The van der Waals surface area contributed by atoms with Crippen LogP contribution in [0, 0.1) is 0 Å². The Kier molecular flexibility index (Phi) is 5.01. The maximum Gasteiger partial charge on any atom is 0.224 e. The molecule has 0 spiro atoms. The van der Waals surface area contributed by atoms with E-state index >= 15 is 0 Å². The third-order valence-corrected chi connectivity index (χ3v) is 3.61. The Hall–Kier alpha value is -2.01. The summed E-state index contributed by atoms with van der Waals surface area (Å²) < 4.78 is 10.4. The minimum atomic E-state index is -0.0107. The fourth-order valence-corrected chi connectivity index (χ4v) is 2.50. The van der Waals surface area contributed by atoms with Crippen molar-refractivity contribution >= 4 is 17.2 Å². The molecule has 0 aliphatic rings. The third kappa shape index (κ3) is 3.74. The second-order valence-corrected chi connectivity index (χ2v) is 5.05. The lowest BCUT2D eigenvalue weighted by molar-refractivity contribution is -0.120. The first-order valence-corrected chi connectivity index (χ1v) is 7.16. The van der Waals surface area contributed by atoms with E-state index in [2.05, 4.69) is 5.32 Å². The number of hydrogen-bond donors (Lipinski definition) is 1. The first-order valence-electron chi connectivity index (χ1n) is 6.21. The van der Waals surface area contributed by atoms with E-state index in [-0.39, 0.29) is 5.91 Å². The molecule has 2 aromatic rings. The standard InChI is InChI=1S/C15H17NO3S/c1-18-13-4-3-11(7-14(13)19-2)8-15(17)16-9-12-5-6-20-10-12/h3-7,10H,8-9H2,1-2H3,(H,16,17). The molecule has 0 aliphatic heterocycles. The van der Waals surface area contributed by atoms with Crippen molar-refractivity contribution in [1.29, 1.82) is 0 Å². The van der Waals surface area contributed by atoms with Crippen molar-refractivity contribution in [3.63, 3.8) is 0 Å². The van der Waals surface area contributed by atoms with Gasteiger partial charge in [0, 0.05) is 6.54 Å². The van der Waals surface area contributed by atoms with E-state index in [0.29, 0.717) is 24.5 Å². The number of rotatable bonds is 6. The molecule has 0 radical (unpaired) electrons. The van der Waals surface area contributed by atoms with Gasteiger partial charge in [0.15, 0.2) is 11.5 Å². The summed E-state index contributed by atoms with van der Waals surface area (Å²) >= 11 is 1.62. The fourth-order valence-electron chi connectivity index (χ4n) is 1.83. The SMILES string of the molecule is COc1ccc(CC(=O)NCc2ccsc2)cc1OC. The molecule has 1 heterocycles. The number of hydrogen-bond acceptors (Lipinski definition) is 4. The summed E-state index contributed by atoms with van der Waals surface area (Å²) in [5.41, 5.74) is 2.01. The molecule has 4 nitrogen and oxygen atoms in total. The maximum absolute atomic E-state index is 11.9. The van der Waals surface area contributed by atoms with Gasteiger partial charge < -0.3 is 14.8 Å². The van der Waals surface area contributed by atoms with Crippen LogP contribution in [-0.4, -0.2) is 20.1 Å². The molecule has 1 aromatic carbocycles. The summed E-state index contributed by atoms with van der Waals surface area (Å²) in [7, 11) is 3.17. The molecule has 1 N–H and O–H groups in total. The molecule has 20 heavy (non-hydrogen) atoms. The van der Waals surface area contributed by atoms with E-state index in [1.807, 2.05) is 29.0 Å². The van der Waals surface area contributed by atoms with Crippen LogP contribution in [-0.2, 0) is 17.8 Å². The van der Waals surface area contributed by atoms with Crippen LogP contribution < -0.4 is 14.8 Å². The lowest BCUT2D eigenvalue weighted by Gasteiger charge is -2.09. The van der Waals surface area contributed by atoms with Crippen LogP contribution in [0.4, 0.5) is 0 Å². The molecule has 2 rings (SSSR count). The molecule has 0 saturated carbocycles. The minimum Gasteiger partial charge on any atom is -0.493 e. The Balaban J connectivity index is 1.93. The number of thiophene rings is 1. The van der Waals surface area contributed by atoms with Crippen molar-refractivity contribution in [3.05, 3.63) is 46.2 Å². The van der Waals surface area contributed by atoms with Crippen molar-refractivity contribution < 1.29 is 14.3 Å². The number of nitrogens with one attached hydrogen (secondary N) is 1. The second-order valence-electron chi connectivity index (χ2n) is 4.27. The van der Waals surface area contributed by atoms with Crippen molar-refractivity contribution in [3.8, 4) is 11.5 Å². The molecule has 0 atom stereocenters. The molecule has 1 amide bonds. The van der Waals surface area contributed by atoms with Crippen LogP contribution >= 0.6 is 11.3 Å². The summed E-state index contributed by atoms with van der Waals surface area (Å²) in [6.45, 7) is 0.565. The van der Waals surface area contributed by atoms with Gasteiger partial charge in [-0.15, -0.1) is 0 Å². The summed E-state index contributed by atoms with van der Waals surface area (Å²) in [6, 6.07) is 7.50. The highest BCUT2D eigenvalue weighted by Gasteiger charge is 2.08. The van der Waals surface area contributed by atoms with E-state index < -0.39 is 0 Å². The van der Waals surface area contributed by atoms with Gasteiger partial charge in [0.1, 0.15) is 0 Å². The lowest BCUT2D eigenvalue weighted by atomic mass is 10.1. The van der Waals surface area contributed by atoms with Crippen LogP contribution in [0.2, 0.25) is 0 Å². The van der Waals surface area contributed by atoms with Crippen LogP contribution in [0.25, 0.3) is 0 Å². The lowest BCUT2D eigenvalue weighted by Crippen LogP contribution is -2.24. The summed E-state index contributed by atoms with van der Waals surface area (Å²) in [6.07, 6.45) is 0.324. The Morgan fingerprint density at radius 3 is 2.60 bits per heavy atom. The van der Waals surface area contributed by atoms with Gasteiger partial charge in [-0.3, -0.25) is 4.79 Å². The van der Waals surface area contributed by atoms with E-state index in [1.165, 1.54) is 0 Å². The molecule has 1 aromatic heterocycles. The molecule has 0 saturated heterocycles. The van der Waals surface area contributed by atoms with Gasteiger partial charge in [-0.1, -0.05) is 6.07 Å². The Labute approximate surface area is 122 Å². The largest absolute Gasteiger partial charge is 0.493 e. The predicted molar refractivity (Wildman–Crippen MR) is 79.4 cm³/mol. The van der Waals surface area contributed by atoms with Gasteiger partial charge in [-0.25, -0.2) is 0 Å². The van der Waals surface area contributed by atoms with Gasteiger partial charge in [0.05, 0.1) is 20.6 Å². The van der Waals surface area contributed by atoms with Gasteiger partial charge in [-0.05, 0) is 40.1 Å². The van der Waals surface area contributed by atoms with E-state index in [4.69, 9.17) is 9.47 Å². The molecular weight excluding hydrogens is 274 g/mol. The van der Waals surface area contributed by atoms with Crippen LogP contribution in [0.5, 0.6) is 11.5 Å². The molecule has 5 heteroatoms. The number of benzene rings is 1. The molecule has 106 valence electrons. The zero-order valence-corrected chi connectivity index (χ0v) is 12.3. The van der Waals surface area contributed by atoms with Crippen molar-refractivity contribution in [1.82, 2.24) is 5.32 Å². The van der Waals surface area contributed by atoms with Crippen molar-refractivity contribution in [2.24, 2.45) is 0 Å². The highest BCUT2D eigenvalue weighted by atomic mass is 32.1. The average molecular weight is 291 g/mol. The first kappa shape index (κ1) is 14.4. The normalized spacial score (nSPS) is 10.1.